The van der Waals surface area contributed by atoms with Gasteiger partial charge in [0.15, 0.2) is 0 Å². The van der Waals surface area contributed by atoms with E-state index in [1.54, 1.807) is 11.3 Å². The number of carboxylic acid groups (broad SMARTS) is 1. The number of carboxylic acids is 1. The van der Waals surface area contributed by atoms with E-state index in [4.69, 9.17) is 9.84 Å². The number of hydrogen-bond donors (Lipinski definition) is 1. The second-order valence-corrected chi connectivity index (χ2v) is 6.74. The summed E-state index contributed by atoms with van der Waals surface area (Å²) < 4.78 is 6.51. The monoisotopic (exact) mass is 333 g/mol. The Bertz CT molecular complexity index is 442. The molecule has 1 atom stereocenters. The maximum Gasteiger partial charge on any atom is 0.329 e. The second-order valence-electron chi connectivity index (χ2n) is 4.88. The molecule has 0 amide bonds. The van der Waals surface area contributed by atoms with Crippen molar-refractivity contribution in [3.63, 3.8) is 0 Å². The number of halogens is 1. The van der Waals surface area contributed by atoms with Crippen LogP contribution in [0, 0.1) is 0 Å². The number of likely N-dealkylation sites (tertiary alicyclic amines) is 1. The minimum atomic E-state index is -0.912. The van der Waals surface area contributed by atoms with Crippen LogP contribution in [0.2, 0.25) is 0 Å². The van der Waals surface area contributed by atoms with Crippen molar-refractivity contribution in [1.82, 2.24) is 4.90 Å². The molecule has 0 radical (unpaired) electrons. The largest absolute Gasteiger partial charge is 0.480 e. The highest BCUT2D eigenvalue weighted by molar-refractivity contribution is 9.10. The Morgan fingerprint density at radius 2 is 2.39 bits per heavy atom. The van der Waals surface area contributed by atoms with Gasteiger partial charge in [0.2, 0.25) is 0 Å². The Morgan fingerprint density at radius 1 is 1.72 bits per heavy atom. The lowest BCUT2D eigenvalue weighted by Crippen LogP contribution is -2.62. The van der Waals surface area contributed by atoms with Gasteiger partial charge in [-0.3, -0.25) is 4.90 Å². The second kappa shape index (κ2) is 5.28. The predicted molar refractivity (Wildman–Crippen MR) is 74.0 cm³/mol. The van der Waals surface area contributed by atoms with Crippen LogP contribution in [0.5, 0.6) is 0 Å². The first-order chi connectivity index (χ1) is 8.39. The summed E-state index contributed by atoms with van der Waals surface area (Å²) in [6.45, 7) is 5.45. The number of aliphatic carboxylic acids is 1. The predicted octanol–water partition coefficient (Wildman–Crippen LogP) is 2.75. The molecule has 2 rings (SSSR count). The quantitative estimate of drug-likeness (QED) is 0.900. The summed E-state index contributed by atoms with van der Waals surface area (Å²) in [4.78, 5) is 14.1. The SMILES string of the molecule is CC(c1cc(Br)cs1)N1CC(C)(OCC(=O)O)C1. The topological polar surface area (TPSA) is 49.8 Å². The average Bonchev–Trinajstić information content (AvgIpc) is 2.68. The van der Waals surface area contributed by atoms with Crippen molar-refractivity contribution < 1.29 is 14.6 Å². The van der Waals surface area contributed by atoms with Gasteiger partial charge in [0.1, 0.15) is 6.61 Å². The molecule has 1 N–H and O–H groups in total. The van der Waals surface area contributed by atoms with Crippen LogP contribution in [0.1, 0.15) is 24.8 Å². The van der Waals surface area contributed by atoms with Crippen molar-refractivity contribution in [3.05, 3.63) is 20.8 Å². The molecule has 0 bridgehead atoms. The molecule has 1 unspecified atom stereocenters. The van der Waals surface area contributed by atoms with E-state index in [1.165, 1.54) is 4.88 Å². The molecule has 0 aromatic carbocycles. The van der Waals surface area contributed by atoms with Crippen molar-refractivity contribution >= 4 is 33.2 Å². The van der Waals surface area contributed by atoms with Gasteiger partial charge in [0.05, 0.1) is 5.60 Å². The summed E-state index contributed by atoms with van der Waals surface area (Å²) in [6, 6.07) is 2.48. The summed E-state index contributed by atoms with van der Waals surface area (Å²) in [5, 5.41) is 10.7. The maximum absolute atomic E-state index is 10.5. The van der Waals surface area contributed by atoms with Crippen LogP contribution in [0.25, 0.3) is 0 Å². The molecule has 0 saturated carbocycles. The van der Waals surface area contributed by atoms with Gasteiger partial charge in [-0.05, 0) is 35.8 Å². The molecule has 0 spiro atoms. The maximum atomic E-state index is 10.5. The van der Waals surface area contributed by atoms with Crippen molar-refractivity contribution in [2.75, 3.05) is 19.7 Å². The molecule has 1 aromatic rings. The Labute approximate surface area is 119 Å². The Balaban J connectivity index is 1.86. The fourth-order valence-electron chi connectivity index (χ4n) is 2.14. The summed E-state index contributed by atoms with van der Waals surface area (Å²) in [6.07, 6.45) is 0. The minimum Gasteiger partial charge on any atom is -0.480 e. The first-order valence-electron chi connectivity index (χ1n) is 5.73. The number of thiophene rings is 1. The third-order valence-electron chi connectivity index (χ3n) is 3.17. The van der Waals surface area contributed by atoms with E-state index in [9.17, 15) is 4.79 Å². The number of ether oxygens (including phenoxy) is 1. The van der Waals surface area contributed by atoms with E-state index in [0.717, 1.165) is 17.6 Å². The van der Waals surface area contributed by atoms with Gasteiger partial charge < -0.3 is 9.84 Å². The molecule has 100 valence electrons. The van der Waals surface area contributed by atoms with Gasteiger partial charge >= 0.3 is 5.97 Å². The first-order valence-corrected chi connectivity index (χ1v) is 7.41. The van der Waals surface area contributed by atoms with Crippen LogP contribution < -0.4 is 0 Å². The molecule has 6 heteroatoms. The minimum absolute atomic E-state index is 0.219. The van der Waals surface area contributed by atoms with E-state index < -0.39 is 5.97 Å². The Kier molecular flexibility index (Phi) is 4.11. The molecule has 1 aliphatic rings. The zero-order chi connectivity index (χ0) is 13.3. The summed E-state index contributed by atoms with van der Waals surface area (Å²) in [5.41, 5.74) is -0.318. The Morgan fingerprint density at radius 3 is 2.89 bits per heavy atom. The molecule has 1 aromatic heterocycles. The molecule has 1 aliphatic heterocycles. The Hall–Kier alpha value is -0.430. The van der Waals surface area contributed by atoms with Crippen LogP contribution in [0.15, 0.2) is 15.9 Å². The zero-order valence-corrected chi connectivity index (χ0v) is 12.8. The van der Waals surface area contributed by atoms with Crippen LogP contribution >= 0.6 is 27.3 Å². The van der Waals surface area contributed by atoms with Gasteiger partial charge in [-0.1, -0.05) is 0 Å². The van der Waals surface area contributed by atoms with Gasteiger partial charge in [-0.25, -0.2) is 4.79 Å². The van der Waals surface area contributed by atoms with Gasteiger partial charge in [-0.15, -0.1) is 11.3 Å². The van der Waals surface area contributed by atoms with E-state index in [0.29, 0.717) is 6.04 Å². The van der Waals surface area contributed by atoms with Crippen molar-refractivity contribution in [2.45, 2.75) is 25.5 Å². The number of hydrogen-bond acceptors (Lipinski definition) is 4. The lowest BCUT2D eigenvalue weighted by atomic mass is 9.94. The normalized spacial score (nSPS) is 20.4. The van der Waals surface area contributed by atoms with Crippen molar-refractivity contribution in [1.29, 1.82) is 0 Å². The molecular formula is C12H16BrNO3S. The van der Waals surface area contributed by atoms with Gasteiger partial charge in [-0.2, -0.15) is 0 Å². The molecular weight excluding hydrogens is 318 g/mol. The third kappa shape index (κ3) is 3.12. The van der Waals surface area contributed by atoms with E-state index >= 15 is 0 Å². The number of rotatable bonds is 5. The first kappa shape index (κ1) is 14.0. The summed E-state index contributed by atoms with van der Waals surface area (Å²) in [5.74, 6) is -0.912. The highest BCUT2D eigenvalue weighted by Gasteiger charge is 2.42. The molecule has 4 nitrogen and oxygen atoms in total. The van der Waals surface area contributed by atoms with E-state index in [-0.39, 0.29) is 12.2 Å². The highest BCUT2D eigenvalue weighted by Crippen LogP contribution is 2.36. The molecule has 0 aliphatic carbocycles. The van der Waals surface area contributed by atoms with Gasteiger partial charge in [0.25, 0.3) is 0 Å². The summed E-state index contributed by atoms with van der Waals surface area (Å²) in [7, 11) is 0. The van der Waals surface area contributed by atoms with Crippen LogP contribution in [-0.4, -0.2) is 41.3 Å². The standard InChI is InChI=1S/C12H16BrNO3S/c1-8(10-3-9(13)5-18-10)14-6-12(2,7-14)17-4-11(15)16/h3,5,8H,4,6-7H2,1-2H3,(H,15,16). The lowest BCUT2D eigenvalue weighted by Gasteiger charge is -2.49. The number of carbonyl (C=O) groups is 1. The van der Waals surface area contributed by atoms with Crippen LogP contribution in [-0.2, 0) is 9.53 Å². The third-order valence-corrected chi connectivity index (χ3v) is 5.03. The summed E-state index contributed by atoms with van der Waals surface area (Å²) >= 11 is 5.18. The molecule has 1 saturated heterocycles. The fraction of sp³-hybridized carbons (Fsp3) is 0.583. The van der Waals surface area contributed by atoms with Gasteiger partial charge in [0, 0.05) is 33.9 Å². The lowest BCUT2D eigenvalue weighted by molar-refractivity contribution is -0.169. The zero-order valence-electron chi connectivity index (χ0n) is 10.4. The van der Waals surface area contributed by atoms with E-state index in [2.05, 4.69) is 39.2 Å². The van der Waals surface area contributed by atoms with Crippen molar-refractivity contribution in [3.8, 4) is 0 Å². The highest BCUT2D eigenvalue weighted by atomic mass is 79.9. The number of nitrogens with zero attached hydrogens (tertiary/aromatic N) is 1. The molecule has 2 heterocycles. The van der Waals surface area contributed by atoms with Crippen molar-refractivity contribution in [2.24, 2.45) is 0 Å². The van der Waals surface area contributed by atoms with E-state index in [1.807, 2.05) is 6.92 Å². The average molecular weight is 334 g/mol. The van der Waals surface area contributed by atoms with Crippen LogP contribution in [0.4, 0.5) is 0 Å². The fourth-order valence-corrected chi connectivity index (χ4v) is 3.68. The smallest absolute Gasteiger partial charge is 0.329 e. The molecule has 1 fully saturated rings. The molecule has 18 heavy (non-hydrogen) atoms. The van der Waals surface area contributed by atoms with Crippen LogP contribution in [0.3, 0.4) is 0 Å².